The molecule has 0 aromatic heterocycles. The molecule has 108 valence electrons. The Balaban J connectivity index is 0. The average molecular weight is 261 g/mol. The maximum Gasteiger partial charge on any atom is 0.303 e. The van der Waals surface area contributed by atoms with E-state index in [9.17, 15) is 9.59 Å². The molecule has 0 aromatic rings. The molecule has 5 nitrogen and oxygen atoms in total. The topological polar surface area (TPSA) is 110 Å². The molecular formula is C13H27NO4. The Morgan fingerprint density at radius 3 is 1.00 bits per heavy atom. The van der Waals surface area contributed by atoms with Crippen LogP contribution in [0.2, 0.25) is 0 Å². The van der Waals surface area contributed by atoms with Crippen LogP contribution >= 0.6 is 0 Å². The fraction of sp³-hybridized carbons (Fsp3) is 0.846. The van der Waals surface area contributed by atoms with Gasteiger partial charge < -0.3 is 16.4 Å². The lowest BCUT2D eigenvalue weighted by Crippen LogP contribution is -1.94. The molecule has 0 radical (unpaired) electrons. The Hall–Kier alpha value is -1.10. The fourth-order valence-electron chi connectivity index (χ4n) is 1.79. The first-order valence-electron chi connectivity index (χ1n) is 6.56. The van der Waals surface area contributed by atoms with E-state index in [1.165, 1.54) is 19.3 Å². The number of hydrogen-bond acceptors (Lipinski definition) is 3. The van der Waals surface area contributed by atoms with Gasteiger partial charge in [-0.3, -0.25) is 9.59 Å². The highest BCUT2D eigenvalue weighted by atomic mass is 16.4. The molecule has 0 saturated heterocycles. The minimum Gasteiger partial charge on any atom is -0.481 e. The van der Waals surface area contributed by atoms with Gasteiger partial charge >= 0.3 is 11.9 Å². The van der Waals surface area contributed by atoms with Crippen LogP contribution in [0.5, 0.6) is 0 Å². The largest absolute Gasteiger partial charge is 0.481 e. The summed E-state index contributed by atoms with van der Waals surface area (Å²) in [6, 6.07) is 0. The predicted molar refractivity (Wildman–Crippen MR) is 71.1 cm³/mol. The van der Waals surface area contributed by atoms with Crippen LogP contribution in [0.15, 0.2) is 0 Å². The van der Waals surface area contributed by atoms with E-state index in [1.807, 2.05) is 0 Å². The zero-order valence-corrected chi connectivity index (χ0v) is 11.2. The molecule has 0 aliphatic heterocycles. The lowest BCUT2D eigenvalue weighted by molar-refractivity contribution is -0.138. The molecule has 0 unspecified atom stereocenters. The first-order chi connectivity index (χ1) is 8.13. The molecule has 0 aromatic carbocycles. The van der Waals surface area contributed by atoms with Crippen LogP contribution < -0.4 is 6.15 Å². The number of carboxylic acids is 2. The van der Waals surface area contributed by atoms with Crippen LogP contribution in [0.1, 0.15) is 70.6 Å². The van der Waals surface area contributed by atoms with Gasteiger partial charge in [0.15, 0.2) is 0 Å². The Morgan fingerprint density at radius 2 is 0.778 bits per heavy atom. The van der Waals surface area contributed by atoms with Crippen molar-refractivity contribution in [2.45, 2.75) is 70.6 Å². The van der Waals surface area contributed by atoms with Crippen LogP contribution in [0, 0.1) is 0 Å². The second-order valence-corrected chi connectivity index (χ2v) is 4.47. The first-order valence-corrected chi connectivity index (χ1v) is 6.56. The molecule has 0 fully saturated rings. The molecule has 0 aliphatic carbocycles. The van der Waals surface area contributed by atoms with E-state index in [2.05, 4.69) is 0 Å². The zero-order chi connectivity index (χ0) is 12.9. The van der Waals surface area contributed by atoms with E-state index in [0.717, 1.165) is 38.5 Å². The molecule has 0 aliphatic rings. The Labute approximate surface area is 109 Å². The van der Waals surface area contributed by atoms with Crippen molar-refractivity contribution in [1.29, 1.82) is 0 Å². The molecule has 5 heteroatoms. The summed E-state index contributed by atoms with van der Waals surface area (Å²) >= 11 is 0. The van der Waals surface area contributed by atoms with Gasteiger partial charge in [-0.2, -0.15) is 0 Å². The lowest BCUT2D eigenvalue weighted by atomic mass is 10.1. The minimum absolute atomic E-state index is 0. The highest BCUT2D eigenvalue weighted by Crippen LogP contribution is 2.11. The summed E-state index contributed by atoms with van der Waals surface area (Å²) in [6.07, 6.45) is 9.89. The molecule has 18 heavy (non-hydrogen) atoms. The van der Waals surface area contributed by atoms with Crippen molar-refractivity contribution in [2.24, 2.45) is 0 Å². The summed E-state index contributed by atoms with van der Waals surface area (Å²) in [5.41, 5.74) is 0. The molecular weight excluding hydrogens is 234 g/mol. The predicted octanol–water partition coefficient (Wildman–Crippen LogP) is 3.61. The summed E-state index contributed by atoms with van der Waals surface area (Å²) in [7, 11) is 0. The van der Waals surface area contributed by atoms with Crippen molar-refractivity contribution in [3.8, 4) is 0 Å². The van der Waals surface area contributed by atoms with Gasteiger partial charge in [-0.15, -0.1) is 0 Å². The third-order valence-electron chi connectivity index (χ3n) is 2.78. The van der Waals surface area contributed by atoms with Gasteiger partial charge in [0, 0.05) is 12.8 Å². The van der Waals surface area contributed by atoms with Gasteiger partial charge in [0.25, 0.3) is 0 Å². The highest BCUT2D eigenvalue weighted by molar-refractivity contribution is 5.66. The van der Waals surface area contributed by atoms with Crippen molar-refractivity contribution in [2.75, 3.05) is 0 Å². The molecule has 0 rings (SSSR count). The van der Waals surface area contributed by atoms with E-state index in [1.54, 1.807) is 0 Å². The van der Waals surface area contributed by atoms with Gasteiger partial charge in [-0.05, 0) is 12.8 Å². The highest BCUT2D eigenvalue weighted by Gasteiger charge is 1.98. The van der Waals surface area contributed by atoms with Crippen LogP contribution in [0.3, 0.4) is 0 Å². The Bertz CT molecular complexity index is 197. The van der Waals surface area contributed by atoms with Crippen LogP contribution in [0.4, 0.5) is 0 Å². The molecule has 0 bridgehead atoms. The van der Waals surface area contributed by atoms with Crippen LogP contribution in [0.25, 0.3) is 0 Å². The van der Waals surface area contributed by atoms with Gasteiger partial charge in [-0.1, -0.05) is 44.9 Å². The van der Waals surface area contributed by atoms with E-state index in [4.69, 9.17) is 10.2 Å². The monoisotopic (exact) mass is 261 g/mol. The van der Waals surface area contributed by atoms with Crippen molar-refractivity contribution in [3.05, 3.63) is 0 Å². The van der Waals surface area contributed by atoms with Gasteiger partial charge in [0.2, 0.25) is 0 Å². The summed E-state index contributed by atoms with van der Waals surface area (Å²) < 4.78 is 0. The van der Waals surface area contributed by atoms with E-state index in [-0.39, 0.29) is 19.0 Å². The van der Waals surface area contributed by atoms with Crippen LogP contribution in [-0.2, 0) is 9.59 Å². The quantitative estimate of drug-likeness (QED) is 0.465. The third-order valence-corrected chi connectivity index (χ3v) is 2.78. The number of unbranched alkanes of at least 4 members (excludes halogenated alkanes) is 8. The second kappa shape index (κ2) is 14.0. The maximum absolute atomic E-state index is 10.2. The summed E-state index contributed by atoms with van der Waals surface area (Å²) in [5, 5.41) is 16.9. The summed E-state index contributed by atoms with van der Waals surface area (Å²) in [6.45, 7) is 0. The molecule has 0 amide bonds. The molecule has 0 atom stereocenters. The SMILES string of the molecule is N.O=C(O)CCCCCCCCCCCC(=O)O. The summed E-state index contributed by atoms with van der Waals surface area (Å²) in [4.78, 5) is 20.5. The fourth-order valence-corrected chi connectivity index (χ4v) is 1.79. The molecule has 0 saturated carbocycles. The van der Waals surface area contributed by atoms with Gasteiger partial charge in [-0.25, -0.2) is 0 Å². The third kappa shape index (κ3) is 17.3. The zero-order valence-electron chi connectivity index (χ0n) is 11.2. The van der Waals surface area contributed by atoms with E-state index in [0.29, 0.717) is 0 Å². The minimum atomic E-state index is -0.705. The summed E-state index contributed by atoms with van der Waals surface area (Å²) in [5.74, 6) is -1.41. The van der Waals surface area contributed by atoms with Crippen molar-refractivity contribution in [3.63, 3.8) is 0 Å². The smallest absolute Gasteiger partial charge is 0.303 e. The number of hydrogen-bond donors (Lipinski definition) is 3. The maximum atomic E-state index is 10.2. The first kappa shape index (κ1) is 19.2. The number of aliphatic carboxylic acids is 2. The van der Waals surface area contributed by atoms with Crippen molar-refractivity contribution >= 4 is 11.9 Å². The molecule has 0 spiro atoms. The van der Waals surface area contributed by atoms with Gasteiger partial charge in [0.05, 0.1) is 0 Å². The second-order valence-electron chi connectivity index (χ2n) is 4.47. The van der Waals surface area contributed by atoms with Crippen molar-refractivity contribution in [1.82, 2.24) is 6.15 Å². The van der Waals surface area contributed by atoms with Gasteiger partial charge in [0.1, 0.15) is 0 Å². The van der Waals surface area contributed by atoms with E-state index >= 15 is 0 Å². The Morgan fingerprint density at radius 1 is 0.556 bits per heavy atom. The Kier molecular flexibility index (Phi) is 14.9. The normalized spacial score (nSPS) is 9.78. The number of rotatable bonds is 12. The van der Waals surface area contributed by atoms with E-state index < -0.39 is 11.9 Å². The van der Waals surface area contributed by atoms with Crippen LogP contribution in [-0.4, -0.2) is 22.2 Å². The molecule has 0 heterocycles. The molecule has 5 N–H and O–H groups in total. The lowest BCUT2D eigenvalue weighted by Gasteiger charge is -2.01. The standard InChI is InChI=1S/C13H24O4.H3N/c14-12(15)10-8-6-4-2-1-3-5-7-9-11-13(16)17;/h1-11H2,(H,14,15)(H,16,17);1H3. The number of carbonyl (C=O) groups is 2. The average Bonchev–Trinajstić information content (AvgIpc) is 2.25. The number of carboxylic acid groups (broad SMARTS) is 2. The van der Waals surface area contributed by atoms with Crippen molar-refractivity contribution < 1.29 is 19.8 Å².